The zero-order valence-corrected chi connectivity index (χ0v) is 20.1. The smallest absolute Gasteiger partial charge is 0.255 e. The lowest BCUT2D eigenvalue weighted by atomic mass is 9.98. The van der Waals surface area contributed by atoms with Crippen molar-refractivity contribution >= 4 is 17.2 Å². The summed E-state index contributed by atoms with van der Waals surface area (Å²) < 4.78 is 18.5. The normalized spacial score (nSPS) is 11.7. The summed E-state index contributed by atoms with van der Waals surface area (Å²) >= 11 is 0. The second-order valence-corrected chi connectivity index (χ2v) is 9.18. The van der Waals surface area contributed by atoms with Crippen molar-refractivity contribution in [3.05, 3.63) is 102 Å². The molecular formula is C28H26FN5O. The molecular weight excluding hydrogens is 441 g/mol. The van der Waals surface area contributed by atoms with Crippen LogP contribution < -0.4 is 5.32 Å². The number of rotatable bonds is 5. The summed E-state index contributed by atoms with van der Waals surface area (Å²) in [5.41, 5.74) is 5.58. The third-order valence-electron chi connectivity index (χ3n) is 6.15. The third-order valence-corrected chi connectivity index (χ3v) is 6.15. The van der Waals surface area contributed by atoms with Crippen LogP contribution in [-0.2, 0) is 5.67 Å². The lowest BCUT2D eigenvalue weighted by molar-refractivity contribution is 0.102. The number of fused-ring (bicyclic) bond motifs is 1. The SMILES string of the molecule is Cc1cc(C)c(-n2ccc3ncc(-c4cccnc4)n32)cc1NC(=O)c1cccc(C(C)(C)F)c1. The highest BCUT2D eigenvalue weighted by Crippen LogP contribution is 2.29. The number of alkyl halides is 1. The molecule has 176 valence electrons. The topological polar surface area (TPSA) is 64.2 Å². The Kier molecular flexibility index (Phi) is 5.47. The molecule has 0 fully saturated rings. The van der Waals surface area contributed by atoms with Gasteiger partial charge in [0.1, 0.15) is 5.67 Å². The molecule has 0 aliphatic heterocycles. The molecule has 0 aliphatic carbocycles. The Bertz CT molecular complexity index is 1540. The largest absolute Gasteiger partial charge is 0.322 e. The van der Waals surface area contributed by atoms with Crippen molar-refractivity contribution in [3.63, 3.8) is 0 Å². The standard InChI is InChI=1S/C28H26FN5O/c1-18-13-19(2)24(15-23(18)32-27(35)20-7-5-9-22(14-20)28(3,4)29)33-12-10-26-31-17-25(34(26)33)21-8-6-11-30-16-21/h5-17H,1-4H3,(H,32,35). The highest BCUT2D eigenvalue weighted by molar-refractivity contribution is 6.05. The van der Waals surface area contributed by atoms with Gasteiger partial charge in [-0.1, -0.05) is 18.2 Å². The Morgan fingerprint density at radius 2 is 1.83 bits per heavy atom. The van der Waals surface area contributed by atoms with Gasteiger partial charge in [0.15, 0.2) is 5.65 Å². The lowest BCUT2D eigenvalue weighted by Gasteiger charge is -2.17. The molecule has 5 rings (SSSR count). The van der Waals surface area contributed by atoms with Gasteiger partial charge in [-0.3, -0.25) is 14.5 Å². The van der Waals surface area contributed by atoms with E-state index in [2.05, 4.69) is 15.3 Å². The molecule has 0 radical (unpaired) electrons. The molecule has 5 aromatic rings. The van der Waals surface area contributed by atoms with Crippen LogP contribution in [0.15, 0.2) is 79.4 Å². The van der Waals surface area contributed by atoms with Crippen molar-refractivity contribution in [1.82, 2.24) is 19.2 Å². The highest BCUT2D eigenvalue weighted by Gasteiger charge is 2.20. The Morgan fingerprint density at radius 3 is 2.57 bits per heavy atom. The predicted octanol–water partition coefficient (Wildman–Crippen LogP) is 6.26. The van der Waals surface area contributed by atoms with Gasteiger partial charge in [0.25, 0.3) is 5.91 Å². The highest BCUT2D eigenvalue weighted by atomic mass is 19.1. The van der Waals surface area contributed by atoms with Gasteiger partial charge in [0, 0.05) is 41.5 Å². The van der Waals surface area contributed by atoms with E-state index in [1.165, 1.54) is 13.8 Å². The fourth-order valence-electron chi connectivity index (χ4n) is 4.25. The Labute approximate surface area is 203 Å². The molecule has 0 saturated carbocycles. The van der Waals surface area contributed by atoms with Crippen LogP contribution >= 0.6 is 0 Å². The number of anilines is 1. The average Bonchev–Trinajstić information content (AvgIpc) is 3.43. The van der Waals surface area contributed by atoms with Crippen molar-refractivity contribution in [1.29, 1.82) is 0 Å². The number of nitrogens with one attached hydrogen (secondary N) is 1. The number of aromatic nitrogens is 4. The van der Waals surface area contributed by atoms with E-state index in [0.717, 1.165) is 33.7 Å². The number of hydrogen-bond donors (Lipinski definition) is 1. The molecule has 0 bridgehead atoms. The molecule has 1 amide bonds. The molecule has 0 aliphatic rings. The van der Waals surface area contributed by atoms with Crippen LogP contribution in [0.4, 0.5) is 10.1 Å². The Morgan fingerprint density at radius 1 is 1.00 bits per heavy atom. The fourth-order valence-corrected chi connectivity index (χ4v) is 4.25. The van der Waals surface area contributed by atoms with Crippen molar-refractivity contribution < 1.29 is 9.18 Å². The van der Waals surface area contributed by atoms with E-state index in [1.54, 1.807) is 36.7 Å². The average molecular weight is 468 g/mol. The minimum absolute atomic E-state index is 0.287. The molecule has 35 heavy (non-hydrogen) atoms. The summed E-state index contributed by atoms with van der Waals surface area (Å²) in [4.78, 5) is 21.9. The van der Waals surface area contributed by atoms with Gasteiger partial charge in [0.05, 0.1) is 17.6 Å². The molecule has 2 aromatic carbocycles. The second kappa shape index (κ2) is 8.51. The number of halogens is 1. The first kappa shape index (κ1) is 22.5. The van der Waals surface area contributed by atoms with Gasteiger partial charge < -0.3 is 5.32 Å². The molecule has 0 saturated heterocycles. The van der Waals surface area contributed by atoms with E-state index in [9.17, 15) is 9.18 Å². The van der Waals surface area contributed by atoms with Gasteiger partial charge in [-0.05, 0) is 74.7 Å². The quantitative estimate of drug-likeness (QED) is 0.332. The van der Waals surface area contributed by atoms with Gasteiger partial charge in [-0.2, -0.15) is 0 Å². The number of hydrogen-bond acceptors (Lipinski definition) is 3. The van der Waals surface area contributed by atoms with Crippen LogP contribution in [0.2, 0.25) is 0 Å². The van der Waals surface area contributed by atoms with Crippen LogP contribution in [0, 0.1) is 13.8 Å². The minimum atomic E-state index is -1.53. The summed E-state index contributed by atoms with van der Waals surface area (Å²) in [6.45, 7) is 6.95. The van der Waals surface area contributed by atoms with E-state index >= 15 is 0 Å². The zero-order valence-electron chi connectivity index (χ0n) is 20.1. The number of benzene rings is 2. The number of carbonyl (C=O) groups excluding carboxylic acids is 1. The molecule has 3 aromatic heterocycles. The van der Waals surface area contributed by atoms with E-state index in [4.69, 9.17) is 0 Å². The number of nitrogens with zero attached hydrogens (tertiary/aromatic N) is 4. The summed E-state index contributed by atoms with van der Waals surface area (Å²) in [7, 11) is 0. The van der Waals surface area contributed by atoms with Crippen molar-refractivity contribution in [2.45, 2.75) is 33.4 Å². The van der Waals surface area contributed by atoms with Gasteiger partial charge in [0.2, 0.25) is 0 Å². The van der Waals surface area contributed by atoms with Gasteiger partial charge >= 0.3 is 0 Å². The van der Waals surface area contributed by atoms with E-state index in [1.807, 2.05) is 65.8 Å². The fraction of sp³-hybridized carbons (Fsp3) is 0.179. The van der Waals surface area contributed by atoms with Crippen LogP contribution in [0.25, 0.3) is 22.6 Å². The maximum atomic E-state index is 14.4. The molecule has 0 spiro atoms. The lowest BCUT2D eigenvalue weighted by Crippen LogP contribution is -2.16. The number of amides is 1. The van der Waals surface area contributed by atoms with Crippen molar-refractivity contribution in [2.24, 2.45) is 0 Å². The summed E-state index contributed by atoms with van der Waals surface area (Å²) in [6.07, 6.45) is 7.33. The summed E-state index contributed by atoms with van der Waals surface area (Å²) in [6, 6.07) is 16.5. The van der Waals surface area contributed by atoms with Crippen LogP contribution in [0.5, 0.6) is 0 Å². The summed E-state index contributed by atoms with van der Waals surface area (Å²) in [5.74, 6) is -0.287. The first-order valence-electron chi connectivity index (χ1n) is 11.4. The number of carbonyl (C=O) groups is 1. The number of pyridine rings is 1. The van der Waals surface area contributed by atoms with E-state index < -0.39 is 5.67 Å². The van der Waals surface area contributed by atoms with Gasteiger partial charge in [-0.25, -0.2) is 13.9 Å². The number of imidazole rings is 1. The van der Waals surface area contributed by atoms with Crippen LogP contribution in [0.1, 0.15) is 40.9 Å². The van der Waals surface area contributed by atoms with E-state index in [0.29, 0.717) is 16.8 Å². The van der Waals surface area contributed by atoms with Crippen LogP contribution in [-0.4, -0.2) is 25.1 Å². The maximum absolute atomic E-state index is 14.4. The number of aryl methyl sites for hydroxylation is 2. The first-order chi connectivity index (χ1) is 16.7. The zero-order chi connectivity index (χ0) is 24.7. The van der Waals surface area contributed by atoms with Crippen LogP contribution in [0.3, 0.4) is 0 Å². The van der Waals surface area contributed by atoms with Crippen molar-refractivity contribution in [2.75, 3.05) is 5.32 Å². The molecule has 0 unspecified atom stereocenters. The second-order valence-electron chi connectivity index (χ2n) is 9.18. The maximum Gasteiger partial charge on any atom is 0.255 e. The Balaban J connectivity index is 1.54. The van der Waals surface area contributed by atoms with Gasteiger partial charge in [-0.15, -0.1) is 0 Å². The molecule has 7 heteroatoms. The molecule has 3 heterocycles. The molecule has 6 nitrogen and oxygen atoms in total. The first-order valence-corrected chi connectivity index (χ1v) is 11.4. The molecule has 0 atom stereocenters. The van der Waals surface area contributed by atoms with Crippen molar-refractivity contribution in [3.8, 4) is 16.9 Å². The predicted molar refractivity (Wildman–Crippen MR) is 136 cm³/mol. The monoisotopic (exact) mass is 467 g/mol. The molecule has 1 N–H and O–H groups in total. The van der Waals surface area contributed by atoms with E-state index in [-0.39, 0.29) is 5.91 Å². The summed E-state index contributed by atoms with van der Waals surface area (Å²) in [5, 5.41) is 3.01. The third kappa shape index (κ3) is 4.21. The minimum Gasteiger partial charge on any atom is -0.322 e. The Hall–Kier alpha value is -4.26.